The van der Waals surface area contributed by atoms with Crippen LogP contribution < -0.4 is 5.32 Å². The molecule has 2 rings (SSSR count). The first-order valence-corrected chi connectivity index (χ1v) is 8.02. The van der Waals surface area contributed by atoms with Crippen LogP contribution in [0.25, 0.3) is 0 Å². The zero-order valence-corrected chi connectivity index (χ0v) is 13.6. The largest absolute Gasteiger partial charge is 0.469 e. The summed E-state index contributed by atoms with van der Waals surface area (Å²) in [6.07, 6.45) is 4.83. The molecule has 0 saturated heterocycles. The first-order chi connectivity index (χ1) is 10.2. The predicted octanol–water partition coefficient (Wildman–Crippen LogP) is 3.65. The van der Waals surface area contributed by atoms with Gasteiger partial charge in [-0.25, -0.2) is 0 Å². The summed E-state index contributed by atoms with van der Waals surface area (Å²) in [4.78, 5) is 0. The average Bonchev–Trinajstić information content (AvgIpc) is 3.09. The quantitative estimate of drug-likeness (QED) is 0.806. The molecule has 21 heavy (non-hydrogen) atoms. The maximum atomic E-state index is 5.48. The molecule has 0 radical (unpaired) electrons. The van der Waals surface area contributed by atoms with E-state index in [2.05, 4.69) is 48.0 Å². The van der Waals surface area contributed by atoms with Crippen molar-refractivity contribution in [2.45, 2.75) is 59.5 Å². The summed E-state index contributed by atoms with van der Waals surface area (Å²) in [5, 5.41) is 8.29. The Labute approximate surface area is 127 Å². The van der Waals surface area contributed by atoms with Crippen molar-refractivity contribution in [2.75, 3.05) is 6.54 Å². The van der Waals surface area contributed by atoms with Gasteiger partial charge in [-0.05, 0) is 45.4 Å². The molecule has 4 heteroatoms. The molecule has 0 aromatic carbocycles. The van der Waals surface area contributed by atoms with Crippen LogP contribution in [0.4, 0.5) is 0 Å². The fraction of sp³-hybridized carbons (Fsp3) is 0.588. The molecule has 0 bridgehead atoms. The molecule has 0 fully saturated rings. The number of rotatable bonds is 8. The van der Waals surface area contributed by atoms with E-state index in [0.717, 1.165) is 38.1 Å². The molecular formula is C17H27N3O. The second-order valence-electron chi connectivity index (χ2n) is 5.44. The fourth-order valence-electron chi connectivity index (χ4n) is 2.70. The Hall–Kier alpha value is -1.55. The molecule has 0 aliphatic carbocycles. The molecule has 1 N–H and O–H groups in total. The van der Waals surface area contributed by atoms with Crippen LogP contribution in [0.5, 0.6) is 0 Å². The van der Waals surface area contributed by atoms with Gasteiger partial charge in [-0.3, -0.25) is 4.68 Å². The molecule has 0 amide bonds. The van der Waals surface area contributed by atoms with E-state index in [1.807, 2.05) is 6.92 Å². The van der Waals surface area contributed by atoms with Crippen molar-refractivity contribution in [2.24, 2.45) is 0 Å². The lowest BCUT2D eigenvalue weighted by atomic mass is 10.0. The van der Waals surface area contributed by atoms with Crippen LogP contribution in [0.1, 0.15) is 55.9 Å². The van der Waals surface area contributed by atoms with Crippen LogP contribution in [-0.4, -0.2) is 16.3 Å². The highest BCUT2D eigenvalue weighted by molar-refractivity contribution is 5.23. The molecule has 4 nitrogen and oxygen atoms in total. The summed E-state index contributed by atoms with van der Waals surface area (Å²) in [6, 6.07) is 4.60. The minimum absolute atomic E-state index is 0.287. The number of hydrogen-bond acceptors (Lipinski definition) is 3. The average molecular weight is 289 g/mol. The van der Waals surface area contributed by atoms with Crippen LogP contribution in [0.15, 0.2) is 22.8 Å². The Morgan fingerprint density at radius 1 is 1.33 bits per heavy atom. The van der Waals surface area contributed by atoms with Gasteiger partial charge in [-0.1, -0.05) is 13.8 Å². The fourth-order valence-corrected chi connectivity index (χ4v) is 2.70. The molecule has 0 aliphatic heterocycles. The van der Waals surface area contributed by atoms with Gasteiger partial charge in [-0.2, -0.15) is 5.10 Å². The van der Waals surface area contributed by atoms with Crippen molar-refractivity contribution in [1.82, 2.24) is 15.1 Å². The SMILES string of the molecule is CCCNC(Cc1cc(CC)nn1CC)c1ccoc1C. The summed E-state index contributed by atoms with van der Waals surface area (Å²) >= 11 is 0. The number of aryl methyl sites for hydroxylation is 3. The number of nitrogens with zero attached hydrogens (tertiary/aromatic N) is 2. The monoisotopic (exact) mass is 289 g/mol. The van der Waals surface area contributed by atoms with E-state index < -0.39 is 0 Å². The number of aromatic nitrogens is 2. The summed E-state index contributed by atoms with van der Waals surface area (Å²) in [7, 11) is 0. The number of furan rings is 1. The van der Waals surface area contributed by atoms with Gasteiger partial charge < -0.3 is 9.73 Å². The second-order valence-corrected chi connectivity index (χ2v) is 5.44. The van der Waals surface area contributed by atoms with Gasteiger partial charge in [0.15, 0.2) is 0 Å². The molecule has 1 atom stereocenters. The van der Waals surface area contributed by atoms with E-state index in [4.69, 9.17) is 4.42 Å². The van der Waals surface area contributed by atoms with Crippen molar-refractivity contribution in [1.29, 1.82) is 0 Å². The van der Waals surface area contributed by atoms with E-state index in [0.29, 0.717) is 0 Å². The molecule has 0 spiro atoms. The van der Waals surface area contributed by atoms with Gasteiger partial charge >= 0.3 is 0 Å². The molecule has 2 aromatic heterocycles. The maximum absolute atomic E-state index is 5.48. The minimum atomic E-state index is 0.287. The Morgan fingerprint density at radius 3 is 2.71 bits per heavy atom. The lowest BCUT2D eigenvalue weighted by Crippen LogP contribution is -2.25. The summed E-state index contributed by atoms with van der Waals surface area (Å²) < 4.78 is 7.60. The van der Waals surface area contributed by atoms with Gasteiger partial charge in [-0.15, -0.1) is 0 Å². The van der Waals surface area contributed by atoms with Crippen LogP contribution in [0.2, 0.25) is 0 Å². The summed E-state index contributed by atoms with van der Waals surface area (Å²) in [6.45, 7) is 10.4. The normalized spacial score (nSPS) is 12.8. The van der Waals surface area contributed by atoms with E-state index in [1.165, 1.54) is 17.0 Å². The van der Waals surface area contributed by atoms with E-state index >= 15 is 0 Å². The molecule has 0 aliphatic rings. The molecular weight excluding hydrogens is 262 g/mol. The molecule has 1 unspecified atom stereocenters. The smallest absolute Gasteiger partial charge is 0.105 e. The van der Waals surface area contributed by atoms with E-state index in [-0.39, 0.29) is 6.04 Å². The summed E-state index contributed by atoms with van der Waals surface area (Å²) in [5.74, 6) is 1.00. The predicted molar refractivity (Wildman–Crippen MR) is 85.5 cm³/mol. The van der Waals surface area contributed by atoms with Crippen LogP contribution in [0, 0.1) is 6.92 Å². The minimum Gasteiger partial charge on any atom is -0.469 e. The Bertz CT molecular complexity index is 556. The Morgan fingerprint density at radius 2 is 2.14 bits per heavy atom. The molecule has 2 aromatic rings. The number of hydrogen-bond donors (Lipinski definition) is 1. The van der Waals surface area contributed by atoms with Gasteiger partial charge in [0, 0.05) is 30.3 Å². The highest BCUT2D eigenvalue weighted by Gasteiger charge is 2.18. The van der Waals surface area contributed by atoms with E-state index in [1.54, 1.807) is 6.26 Å². The highest BCUT2D eigenvalue weighted by atomic mass is 16.3. The van der Waals surface area contributed by atoms with Crippen LogP contribution in [-0.2, 0) is 19.4 Å². The molecule has 2 heterocycles. The van der Waals surface area contributed by atoms with Gasteiger partial charge in [0.2, 0.25) is 0 Å². The molecule has 0 saturated carbocycles. The first kappa shape index (κ1) is 15.8. The lowest BCUT2D eigenvalue weighted by molar-refractivity contribution is 0.480. The van der Waals surface area contributed by atoms with Crippen molar-refractivity contribution in [3.8, 4) is 0 Å². The standard InChI is InChI=1S/C17H27N3O/c1-5-9-18-17(16-8-10-21-13(16)4)12-15-11-14(6-2)19-20(15)7-3/h8,10-11,17-18H,5-7,9,12H2,1-4H3. The van der Waals surface area contributed by atoms with Crippen molar-refractivity contribution in [3.05, 3.63) is 41.1 Å². The lowest BCUT2D eigenvalue weighted by Gasteiger charge is -2.18. The van der Waals surface area contributed by atoms with E-state index in [9.17, 15) is 0 Å². The Kier molecular flexibility index (Phi) is 5.62. The summed E-state index contributed by atoms with van der Waals surface area (Å²) in [5.41, 5.74) is 3.72. The third-order valence-electron chi connectivity index (χ3n) is 3.90. The zero-order valence-electron chi connectivity index (χ0n) is 13.6. The van der Waals surface area contributed by atoms with Gasteiger partial charge in [0.05, 0.1) is 12.0 Å². The second kappa shape index (κ2) is 7.46. The van der Waals surface area contributed by atoms with Crippen molar-refractivity contribution < 1.29 is 4.42 Å². The van der Waals surface area contributed by atoms with Crippen LogP contribution in [0.3, 0.4) is 0 Å². The van der Waals surface area contributed by atoms with Crippen LogP contribution >= 0.6 is 0 Å². The molecule has 116 valence electrons. The van der Waals surface area contributed by atoms with Gasteiger partial charge in [0.25, 0.3) is 0 Å². The zero-order chi connectivity index (χ0) is 15.2. The number of nitrogens with one attached hydrogen (secondary N) is 1. The Balaban J connectivity index is 2.22. The highest BCUT2D eigenvalue weighted by Crippen LogP contribution is 2.23. The third kappa shape index (κ3) is 3.76. The first-order valence-electron chi connectivity index (χ1n) is 8.02. The maximum Gasteiger partial charge on any atom is 0.105 e. The van der Waals surface area contributed by atoms with Gasteiger partial charge in [0.1, 0.15) is 5.76 Å². The topological polar surface area (TPSA) is 43.0 Å². The van der Waals surface area contributed by atoms with Crippen molar-refractivity contribution >= 4 is 0 Å². The third-order valence-corrected chi connectivity index (χ3v) is 3.90. The van der Waals surface area contributed by atoms with Crippen molar-refractivity contribution in [3.63, 3.8) is 0 Å².